The molecule has 1 aliphatic rings. The first-order valence-corrected chi connectivity index (χ1v) is 8.51. The van der Waals surface area contributed by atoms with Gasteiger partial charge < -0.3 is 20.4 Å². The Balaban J connectivity index is 0.00000243. The zero-order valence-corrected chi connectivity index (χ0v) is 15.6. The van der Waals surface area contributed by atoms with Crippen LogP contribution < -0.4 is 11.1 Å². The summed E-state index contributed by atoms with van der Waals surface area (Å²) in [5.74, 6) is 0.526. The highest BCUT2D eigenvalue weighted by atomic mass is 35.5. The number of aryl methyl sites for hydroxylation is 1. The van der Waals surface area contributed by atoms with Gasteiger partial charge in [-0.05, 0) is 43.5 Å². The fraction of sp³-hybridized carbons (Fsp3) is 0.368. The minimum absolute atomic E-state index is 0. The van der Waals surface area contributed by atoms with Crippen molar-refractivity contribution >= 4 is 24.2 Å². The molecule has 1 fully saturated rings. The van der Waals surface area contributed by atoms with E-state index in [0.29, 0.717) is 36.5 Å². The van der Waals surface area contributed by atoms with E-state index in [1.165, 1.54) is 6.26 Å². The second-order valence-electron chi connectivity index (χ2n) is 6.33. The SMILES string of the molecule is Cc1occc1C(=O)NC1CCN(C(=O)c2ccc(CN)cc2)CC1.Cl. The number of nitrogens with zero attached hydrogens (tertiary/aromatic N) is 1. The van der Waals surface area contributed by atoms with E-state index in [1.54, 1.807) is 13.0 Å². The van der Waals surface area contributed by atoms with Gasteiger partial charge in [0.2, 0.25) is 0 Å². The predicted octanol–water partition coefficient (Wildman–Crippen LogP) is 2.50. The molecule has 1 aromatic carbocycles. The van der Waals surface area contributed by atoms with Gasteiger partial charge in [0.15, 0.2) is 0 Å². The molecule has 2 amide bonds. The maximum Gasteiger partial charge on any atom is 0.255 e. The number of amides is 2. The molecule has 0 atom stereocenters. The molecule has 2 aromatic rings. The molecule has 6 nitrogen and oxygen atoms in total. The van der Waals surface area contributed by atoms with Crippen molar-refractivity contribution in [1.29, 1.82) is 0 Å². The second kappa shape index (κ2) is 8.87. The highest BCUT2D eigenvalue weighted by Crippen LogP contribution is 2.16. The topological polar surface area (TPSA) is 88.6 Å². The Hall–Kier alpha value is -2.31. The van der Waals surface area contributed by atoms with Crippen LogP contribution in [0.1, 0.15) is 44.9 Å². The Morgan fingerprint density at radius 2 is 1.85 bits per heavy atom. The summed E-state index contributed by atoms with van der Waals surface area (Å²) in [6.45, 7) is 3.50. The van der Waals surface area contributed by atoms with E-state index in [9.17, 15) is 9.59 Å². The third-order valence-electron chi connectivity index (χ3n) is 4.66. The van der Waals surface area contributed by atoms with Gasteiger partial charge in [0, 0.05) is 31.2 Å². The number of carbonyl (C=O) groups is 2. The summed E-state index contributed by atoms with van der Waals surface area (Å²) in [5, 5.41) is 3.03. The van der Waals surface area contributed by atoms with Crippen LogP contribution in [0.25, 0.3) is 0 Å². The maximum atomic E-state index is 12.6. The van der Waals surface area contributed by atoms with Gasteiger partial charge in [0.1, 0.15) is 5.76 Å². The normalized spacial score (nSPS) is 14.6. The molecule has 0 unspecified atom stereocenters. The summed E-state index contributed by atoms with van der Waals surface area (Å²) >= 11 is 0. The Morgan fingerprint density at radius 3 is 2.38 bits per heavy atom. The minimum Gasteiger partial charge on any atom is -0.469 e. The molecule has 3 N–H and O–H groups in total. The van der Waals surface area contributed by atoms with Crippen LogP contribution in [0.4, 0.5) is 0 Å². The number of nitrogens with one attached hydrogen (secondary N) is 1. The monoisotopic (exact) mass is 377 g/mol. The summed E-state index contributed by atoms with van der Waals surface area (Å²) in [7, 11) is 0. The van der Waals surface area contributed by atoms with Gasteiger partial charge in [-0.1, -0.05) is 12.1 Å². The summed E-state index contributed by atoms with van der Waals surface area (Å²) in [6.07, 6.45) is 3.01. The molecule has 2 heterocycles. The number of nitrogens with two attached hydrogens (primary N) is 1. The lowest BCUT2D eigenvalue weighted by atomic mass is 10.0. The van der Waals surface area contributed by atoms with Gasteiger partial charge >= 0.3 is 0 Å². The van der Waals surface area contributed by atoms with Gasteiger partial charge in [-0.15, -0.1) is 12.4 Å². The summed E-state index contributed by atoms with van der Waals surface area (Å²) < 4.78 is 5.17. The van der Waals surface area contributed by atoms with E-state index in [1.807, 2.05) is 29.2 Å². The van der Waals surface area contributed by atoms with Gasteiger partial charge in [-0.3, -0.25) is 9.59 Å². The van der Waals surface area contributed by atoms with Gasteiger partial charge in [-0.25, -0.2) is 0 Å². The molecule has 1 aromatic heterocycles. The first kappa shape index (κ1) is 20.0. The molecule has 140 valence electrons. The number of furan rings is 1. The number of benzene rings is 1. The molecule has 0 aliphatic carbocycles. The highest BCUT2D eigenvalue weighted by molar-refractivity contribution is 5.95. The van der Waals surface area contributed by atoms with Crippen molar-refractivity contribution in [3.05, 3.63) is 59.0 Å². The first-order chi connectivity index (χ1) is 12.1. The van der Waals surface area contributed by atoms with Crippen molar-refractivity contribution < 1.29 is 14.0 Å². The van der Waals surface area contributed by atoms with Crippen LogP contribution in [0, 0.1) is 6.92 Å². The smallest absolute Gasteiger partial charge is 0.255 e. The lowest BCUT2D eigenvalue weighted by Gasteiger charge is -2.32. The summed E-state index contributed by atoms with van der Waals surface area (Å²) in [5.41, 5.74) is 7.83. The van der Waals surface area contributed by atoms with Crippen LogP contribution in [-0.4, -0.2) is 35.8 Å². The van der Waals surface area contributed by atoms with Crippen LogP contribution >= 0.6 is 12.4 Å². The largest absolute Gasteiger partial charge is 0.469 e. The van der Waals surface area contributed by atoms with Crippen molar-refractivity contribution in [1.82, 2.24) is 10.2 Å². The Kier molecular flexibility index (Phi) is 6.83. The molecular formula is C19H24ClN3O3. The maximum absolute atomic E-state index is 12.6. The predicted molar refractivity (Wildman–Crippen MR) is 101 cm³/mol. The average molecular weight is 378 g/mol. The molecule has 0 bridgehead atoms. The Bertz CT molecular complexity index is 750. The van der Waals surface area contributed by atoms with Crippen LogP contribution in [0.15, 0.2) is 41.0 Å². The summed E-state index contributed by atoms with van der Waals surface area (Å²) in [6, 6.07) is 9.15. The van der Waals surface area contributed by atoms with Gasteiger partial charge in [0.25, 0.3) is 11.8 Å². The molecule has 3 rings (SSSR count). The fourth-order valence-electron chi connectivity index (χ4n) is 3.08. The number of rotatable bonds is 4. The Labute approximate surface area is 159 Å². The first-order valence-electron chi connectivity index (χ1n) is 8.51. The quantitative estimate of drug-likeness (QED) is 0.856. The molecule has 7 heteroatoms. The van der Waals surface area contributed by atoms with Crippen LogP contribution in [0.5, 0.6) is 0 Å². The fourth-order valence-corrected chi connectivity index (χ4v) is 3.08. The molecule has 1 saturated heterocycles. The van der Waals surface area contributed by atoms with Gasteiger partial charge in [-0.2, -0.15) is 0 Å². The van der Waals surface area contributed by atoms with Crippen molar-refractivity contribution in [3.8, 4) is 0 Å². The molecule has 0 spiro atoms. The molecular weight excluding hydrogens is 354 g/mol. The number of likely N-dealkylation sites (tertiary alicyclic amines) is 1. The van der Waals surface area contributed by atoms with Gasteiger partial charge in [0.05, 0.1) is 11.8 Å². The summed E-state index contributed by atoms with van der Waals surface area (Å²) in [4.78, 5) is 26.6. The number of halogens is 1. The number of hydrogen-bond acceptors (Lipinski definition) is 4. The van der Waals surface area contributed by atoms with Crippen LogP contribution in [0.2, 0.25) is 0 Å². The van der Waals surface area contributed by atoms with Crippen molar-refractivity contribution in [2.75, 3.05) is 13.1 Å². The van der Waals surface area contributed by atoms with Crippen molar-refractivity contribution in [2.24, 2.45) is 5.73 Å². The number of hydrogen-bond donors (Lipinski definition) is 2. The van der Waals surface area contributed by atoms with E-state index in [0.717, 1.165) is 18.4 Å². The second-order valence-corrected chi connectivity index (χ2v) is 6.33. The lowest BCUT2D eigenvalue weighted by molar-refractivity contribution is 0.0698. The molecule has 1 aliphatic heterocycles. The molecule has 0 radical (unpaired) electrons. The van der Waals surface area contributed by atoms with Crippen LogP contribution in [-0.2, 0) is 6.54 Å². The zero-order valence-electron chi connectivity index (χ0n) is 14.7. The van der Waals surface area contributed by atoms with E-state index in [4.69, 9.17) is 10.2 Å². The lowest BCUT2D eigenvalue weighted by Crippen LogP contribution is -2.46. The number of carbonyl (C=O) groups excluding carboxylic acids is 2. The third kappa shape index (κ3) is 4.45. The van der Waals surface area contributed by atoms with Crippen LogP contribution in [0.3, 0.4) is 0 Å². The third-order valence-corrected chi connectivity index (χ3v) is 4.66. The van der Waals surface area contributed by atoms with Crippen molar-refractivity contribution in [3.63, 3.8) is 0 Å². The average Bonchev–Trinajstić information content (AvgIpc) is 3.08. The van der Waals surface area contributed by atoms with E-state index in [2.05, 4.69) is 5.32 Å². The van der Waals surface area contributed by atoms with Crippen molar-refractivity contribution in [2.45, 2.75) is 32.4 Å². The van der Waals surface area contributed by atoms with E-state index in [-0.39, 0.29) is 30.3 Å². The minimum atomic E-state index is -0.117. The molecule has 0 saturated carbocycles. The standard InChI is InChI=1S/C19H23N3O3.ClH/c1-13-17(8-11-25-13)18(23)21-16-6-9-22(10-7-16)19(24)15-4-2-14(12-20)3-5-15;/h2-5,8,11,16H,6-7,9-10,12,20H2,1H3,(H,21,23);1H. The zero-order chi connectivity index (χ0) is 17.8. The highest BCUT2D eigenvalue weighted by Gasteiger charge is 2.25. The van der Waals surface area contributed by atoms with E-state index < -0.39 is 0 Å². The Morgan fingerprint density at radius 1 is 1.19 bits per heavy atom. The van der Waals surface area contributed by atoms with E-state index >= 15 is 0 Å². The number of piperidine rings is 1. The molecule has 26 heavy (non-hydrogen) atoms.